The number of rotatable bonds is 4. The predicted octanol–water partition coefficient (Wildman–Crippen LogP) is 1.45. The highest BCUT2D eigenvalue weighted by Crippen LogP contribution is 2.19. The van der Waals surface area contributed by atoms with Gasteiger partial charge in [0.15, 0.2) is 5.65 Å². The number of anilines is 1. The predicted molar refractivity (Wildman–Crippen MR) is 73.4 cm³/mol. The second kappa shape index (κ2) is 4.86. The van der Waals surface area contributed by atoms with Crippen molar-refractivity contribution in [3.8, 4) is 0 Å². The summed E-state index contributed by atoms with van der Waals surface area (Å²) >= 11 is 0. The molecule has 18 heavy (non-hydrogen) atoms. The summed E-state index contributed by atoms with van der Waals surface area (Å²) in [5.41, 5.74) is 7.30. The van der Waals surface area contributed by atoms with Crippen LogP contribution in [-0.4, -0.2) is 35.1 Å². The molecule has 5 nitrogen and oxygen atoms in total. The summed E-state index contributed by atoms with van der Waals surface area (Å²) in [7, 11) is 2.02. The lowest BCUT2D eigenvalue weighted by molar-refractivity contribution is 0.384. The topological polar surface area (TPSA) is 67.9 Å². The van der Waals surface area contributed by atoms with Gasteiger partial charge in [-0.2, -0.15) is 0 Å². The molecule has 2 heterocycles. The fourth-order valence-corrected chi connectivity index (χ4v) is 1.84. The number of aromatic nitrogens is 3. The first-order valence-electron chi connectivity index (χ1n) is 6.01. The van der Waals surface area contributed by atoms with E-state index in [9.17, 15) is 0 Å². The number of nitrogens with two attached hydrogens (primary N) is 1. The minimum Gasteiger partial charge on any atom is -0.359 e. The molecule has 0 saturated heterocycles. The highest BCUT2D eigenvalue weighted by Gasteiger charge is 2.19. The minimum atomic E-state index is 0.0632. The number of hydrogen-bond acceptors (Lipinski definition) is 5. The van der Waals surface area contributed by atoms with Gasteiger partial charge in [0.25, 0.3) is 0 Å². The van der Waals surface area contributed by atoms with E-state index in [0.717, 1.165) is 17.9 Å². The van der Waals surface area contributed by atoms with Gasteiger partial charge in [0.05, 0.1) is 0 Å². The van der Waals surface area contributed by atoms with E-state index in [1.165, 1.54) is 0 Å². The molecule has 2 aromatic rings. The molecule has 0 unspecified atom stereocenters. The summed E-state index contributed by atoms with van der Waals surface area (Å²) in [6.45, 7) is 5.78. The zero-order valence-corrected chi connectivity index (χ0v) is 11.1. The molecule has 5 heteroatoms. The van der Waals surface area contributed by atoms with Crippen LogP contribution in [0.15, 0.2) is 24.5 Å². The largest absolute Gasteiger partial charge is 0.359 e. The average molecular weight is 245 g/mol. The fraction of sp³-hybridized carbons (Fsp3) is 0.462. The standard InChI is InChI=1S/C13H19N5/c1-13(2,8-14)9-18(3)11-5-4-10-12(17-11)16-7-6-15-10/h4-7H,8-9,14H2,1-3H3. The van der Waals surface area contributed by atoms with E-state index in [1.54, 1.807) is 12.4 Å². The maximum atomic E-state index is 5.75. The first-order chi connectivity index (χ1) is 8.52. The van der Waals surface area contributed by atoms with Crippen LogP contribution in [0.2, 0.25) is 0 Å². The number of nitrogens with zero attached hydrogens (tertiary/aromatic N) is 4. The lowest BCUT2D eigenvalue weighted by Crippen LogP contribution is -2.37. The van der Waals surface area contributed by atoms with Gasteiger partial charge in [0.1, 0.15) is 11.3 Å². The van der Waals surface area contributed by atoms with Gasteiger partial charge in [-0.05, 0) is 24.1 Å². The molecule has 0 aliphatic rings. The summed E-state index contributed by atoms with van der Waals surface area (Å²) in [5.74, 6) is 0.893. The van der Waals surface area contributed by atoms with Crippen molar-refractivity contribution in [1.82, 2.24) is 15.0 Å². The molecule has 0 aromatic carbocycles. The van der Waals surface area contributed by atoms with Crippen LogP contribution in [0.4, 0.5) is 5.82 Å². The Labute approximate surface area is 107 Å². The van der Waals surface area contributed by atoms with Crippen LogP contribution in [0.1, 0.15) is 13.8 Å². The molecule has 0 fully saturated rings. The van der Waals surface area contributed by atoms with Gasteiger partial charge in [-0.1, -0.05) is 13.8 Å². The molecule has 0 bridgehead atoms. The molecular formula is C13H19N5. The lowest BCUT2D eigenvalue weighted by Gasteiger charge is -2.29. The zero-order valence-electron chi connectivity index (χ0n) is 11.1. The van der Waals surface area contributed by atoms with Crippen LogP contribution in [0.5, 0.6) is 0 Å². The molecular weight excluding hydrogens is 226 g/mol. The lowest BCUT2D eigenvalue weighted by atomic mass is 9.93. The van der Waals surface area contributed by atoms with Crippen molar-refractivity contribution in [1.29, 1.82) is 0 Å². The van der Waals surface area contributed by atoms with E-state index in [4.69, 9.17) is 5.73 Å². The molecule has 0 aliphatic heterocycles. The van der Waals surface area contributed by atoms with Gasteiger partial charge >= 0.3 is 0 Å². The Bertz CT molecular complexity index is 538. The summed E-state index contributed by atoms with van der Waals surface area (Å²) in [6.07, 6.45) is 3.33. The fourth-order valence-electron chi connectivity index (χ4n) is 1.84. The Hall–Kier alpha value is -1.75. The first-order valence-corrected chi connectivity index (χ1v) is 6.01. The molecule has 0 aliphatic carbocycles. The van der Waals surface area contributed by atoms with Gasteiger partial charge in [-0.15, -0.1) is 0 Å². The van der Waals surface area contributed by atoms with Gasteiger partial charge in [-0.25, -0.2) is 9.97 Å². The zero-order chi connectivity index (χ0) is 13.2. The highest BCUT2D eigenvalue weighted by atomic mass is 15.2. The van der Waals surface area contributed by atoms with Crippen molar-refractivity contribution in [3.05, 3.63) is 24.5 Å². The van der Waals surface area contributed by atoms with Crippen molar-refractivity contribution >= 4 is 17.0 Å². The third-order valence-corrected chi connectivity index (χ3v) is 2.93. The Morgan fingerprint density at radius 2 is 1.94 bits per heavy atom. The van der Waals surface area contributed by atoms with E-state index < -0.39 is 0 Å². The van der Waals surface area contributed by atoms with Crippen LogP contribution in [0, 0.1) is 5.41 Å². The van der Waals surface area contributed by atoms with Crippen molar-refractivity contribution in [2.75, 3.05) is 25.0 Å². The molecule has 2 rings (SSSR count). The van der Waals surface area contributed by atoms with Crippen LogP contribution < -0.4 is 10.6 Å². The van der Waals surface area contributed by atoms with Crippen LogP contribution in [-0.2, 0) is 0 Å². The first kappa shape index (κ1) is 12.7. The normalized spacial score (nSPS) is 11.8. The Morgan fingerprint density at radius 3 is 2.67 bits per heavy atom. The van der Waals surface area contributed by atoms with Crippen LogP contribution >= 0.6 is 0 Å². The summed E-state index contributed by atoms with van der Waals surface area (Å²) < 4.78 is 0. The molecule has 2 N–H and O–H groups in total. The van der Waals surface area contributed by atoms with E-state index in [2.05, 4.69) is 33.7 Å². The summed E-state index contributed by atoms with van der Waals surface area (Å²) in [6, 6.07) is 3.90. The highest BCUT2D eigenvalue weighted by molar-refractivity contribution is 5.71. The Balaban J connectivity index is 2.25. The van der Waals surface area contributed by atoms with Crippen LogP contribution in [0.25, 0.3) is 11.2 Å². The van der Waals surface area contributed by atoms with E-state index in [0.29, 0.717) is 12.2 Å². The number of pyridine rings is 1. The third-order valence-electron chi connectivity index (χ3n) is 2.93. The van der Waals surface area contributed by atoms with Gasteiger partial charge in [0, 0.05) is 26.0 Å². The Morgan fingerprint density at radius 1 is 1.22 bits per heavy atom. The molecule has 0 amide bonds. The summed E-state index contributed by atoms with van der Waals surface area (Å²) in [4.78, 5) is 15.0. The maximum Gasteiger partial charge on any atom is 0.180 e. The SMILES string of the molecule is CN(CC(C)(C)CN)c1ccc2nccnc2n1. The molecule has 2 aromatic heterocycles. The Kier molecular flexibility index (Phi) is 3.43. The molecule has 0 atom stereocenters. The number of fused-ring (bicyclic) bond motifs is 1. The second-order valence-corrected chi connectivity index (χ2v) is 5.29. The van der Waals surface area contributed by atoms with E-state index >= 15 is 0 Å². The quantitative estimate of drug-likeness (QED) is 0.883. The van der Waals surface area contributed by atoms with Gasteiger partial charge in [-0.3, -0.25) is 4.98 Å². The van der Waals surface area contributed by atoms with E-state index in [-0.39, 0.29) is 5.41 Å². The molecule has 0 radical (unpaired) electrons. The third kappa shape index (κ3) is 2.73. The second-order valence-electron chi connectivity index (χ2n) is 5.29. The van der Waals surface area contributed by atoms with E-state index in [1.807, 2.05) is 19.2 Å². The van der Waals surface area contributed by atoms with Crippen molar-refractivity contribution in [2.24, 2.45) is 11.1 Å². The monoisotopic (exact) mass is 245 g/mol. The smallest absolute Gasteiger partial charge is 0.180 e. The maximum absolute atomic E-state index is 5.75. The summed E-state index contributed by atoms with van der Waals surface area (Å²) in [5, 5.41) is 0. The van der Waals surface area contributed by atoms with Crippen molar-refractivity contribution in [3.63, 3.8) is 0 Å². The van der Waals surface area contributed by atoms with Crippen LogP contribution in [0.3, 0.4) is 0 Å². The average Bonchev–Trinajstić information content (AvgIpc) is 2.37. The molecule has 0 saturated carbocycles. The molecule has 0 spiro atoms. The van der Waals surface area contributed by atoms with Gasteiger partial charge < -0.3 is 10.6 Å². The minimum absolute atomic E-state index is 0.0632. The van der Waals surface area contributed by atoms with Crippen molar-refractivity contribution < 1.29 is 0 Å². The molecule has 96 valence electrons. The number of hydrogen-bond donors (Lipinski definition) is 1. The van der Waals surface area contributed by atoms with Crippen molar-refractivity contribution in [2.45, 2.75) is 13.8 Å². The van der Waals surface area contributed by atoms with Gasteiger partial charge in [0.2, 0.25) is 0 Å².